The second-order valence-electron chi connectivity index (χ2n) is 6.83. The highest BCUT2D eigenvalue weighted by atomic mass is 16.2. The zero-order valence-corrected chi connectivity index (χ0v) is 13.1. The number of rotatable bonds is 4. The third-order valence-electron chi connectivity index (χ3n) is 3.62. The molecular formula is C17H24N2O2. The second kappa shape index (κ2) is 5.88. The topological polar surface area (TPSA) is 58.2 Å². The summed E-state index contributed by atoms with van der Waals surface area (Å²) in [6.07, 6.45) is 0.648. The molecule has 1 fully saturated rings. The van der Waals surface area contributed by atoms with Crippen LogP contribution in [0, 0.1) is 11.8 Å². The number of amides is 2. The van der Waals surface area contributed by atoms with Crippen LogP contribution in [0.25, 0.3) is 0 Å². The molecule has 1 saturated carbocycles. The van der Waals surface area contributed by atoms with Crippen LogP contribution in [0.3, 0.4) is 0 Å². The molecule has 2 amide bonds. The largest absolute Gasteiger partial charge is 0.351 e. The summed E-state index contributed by atoms with van der Waals surface area (Å²) in [6, 6.07) is 9.80. The van der Waals surface area contributed by atoms with Crippen LogP contribution in [0.5, 0.6) is 0 Å². The highest BCUT2D eigenvalue weighted by molar-refractivity contribution is 5.92. The first-order valence-electron chi connectivity index (χ1n) is 7.45. The lowest BCUT2D eigenvalue weighted by Crippen LogP contribution is -2.42. The van der Waals surface area contributed by atoms with Crippen molar-refractivity contribution in [1.29, 1.82) is 0 Å². The minimum absolute atomic E-state index is 0.0185. The van der Waals surface area contributed by atoms with Gasteiger partial charge in [-0.2, -0.15) is 0 Å². The zero-order valence-electron chi connectivity index (χ0n) is 13.1. The quantitative estimate of drug-likeness (QED) is 0.894. The molecule has 0 aliphatic heterocycles. The fraction of sp³-hybridized carbons (Fsp3) is 0.529. The van der Waals surface area contributed by atoms with Gasteiger partial charge >= 0.3 is 0 Å². The Kier molecular flexibility index (Phi) is 4.35. The standard InChI is InChI=1S/C17H24N2O2/c1-11(12-8-6-5-7-9-12)18-15(20)13-10-14(13)16(21)19-17(2,3)4/h5-9,11,13-14H,10H2,1-4H3,(H,18,20)(H,19,21). The number of hydrogen-bond donors (Lipinski definition) is 2. The predicted molar refractivity (Wildman–Crippen MR) is 82.5 cm³/mol. The minimum atomic E-state index is -0.252. The molecule has 2 rings (SSSR count). The molecule has 1 aliphatic rings. The Morgan fingerprint density at radius 3 is 2.24 bits per heavy atom. The maximum Gasteiger partial charge on any atom is 0.224 e. The van der Waals surface area contributed by atoms with Gasteiger partial charge in [0.05, 0.1) is 17.9 Å². The fourth-order valence-electron chi connectivity index (χ4n) is 2.38. The lowest BCUT2D eigenvalue weighted by molar-refractivity contribution is -0.128. The summed E-state index contributed by atoms with van der Waals surface area (Å²) in [4.78, 5) is 24.2. The highest BCUT2D eigenvalue weighted by Gasteiger charge is 2.48. The molecule has 0 heterocycles. The van der Waals surface area contributed by atoms with Crippen LogP contribution < -0.4 is 10.6 Å². The Balaban J connectivity index is 1.85. The van der Waals surface area contributed by atoms with Gasteiger partial charge in [0.25, 0.3) is 0 Å². The lowest BCUT2D eigenvalue weighted by atomic mass is 10.1. The summed E-state index contributed by atoms with van der Waals surface area (Å²) in [7, 11) is 0. The zero-order chi connectivity index (χ0) is 15.6. The van der Waals surface area contributed by atoms with E-state index in [0.717, 1.165) is 5.56 Å². The molecule has 0 aromatic heterocycles. The molecule has 1 aromatic carbocycles. The Morgan fingerprint density at radius 1 is 1.10 bits per heavy atom. The predicted octanol–water partition coefficient (Wildman–Crippen LogP) is 2.41. The minimum Gasteiger partial charge on any atom is -0.351 e. The molecule has 1 aliphatic carbocycles. The molecule has 114 valence electrons. The summed E-state index contributed by atoms with van der Waals surface area (Å²) in [6.45, 7) is 7.79. The molecule has 2 N–H and O–H groups in total. The van der Waals surface area contributed by atoms with E-state index in [1.807, 2.05) is 58.0 Å². The van der Waals surface area contributed by atoms with E-state index in [0.29, 0.717) is 6.42 Å². The molecule has 1 aromatic rings. The first-order valence-corrected chi connectivity index (χ1v) is 7.45. The summed E-state index contributed by atoms with van der Waals surface area (Å²) < 4.78 is 0. The van der Waals surface area contributed by atoms with Gasteiger partial charge in [0.1, 0.15) is 0 Å². The van der Waals surface area contributed by atoms with Crippen molar-refractivity contribution in [3.63, 3.8) is 0 Å². The van der Waals surface area contributed by atoms with Crippen molar-refractivity contribution in [1.82, 2.24) is 10.6 Å². The van der Waals surface area contributed by atoms with Gasteiger partial charge in [0.15, 0.2) is 0 Å². The Bertz CT molecular complexity index is 519. The van der Waals surface area contributed by atoms with E-state index in [-0.39, 0.29) is 35.2 Å². The summed E-state index contributed by atoms with van der Waals surface area (Å²) in [5.74, 6) is -0.402. The van der Waals surface area contributed by atoms with Crippen molar-refractivity contribution in [2.45, 2.75) is 45.7 Å². The molecule has 21 heavy (non-hydrogen) atoms. The van der Waals surface area contributed by atoms with E-state index in [1.165, 1.54) is 0 Å². The number of carbonyl (C=O) groups excluding carboxylic acids is 2. The van der Waals surface area contributed by atoms with Gasteiger partial charge in [-0.15, -0.1) is 0 Å². The van der Waals surface area contributed by atoms with E-state index in [9.17, 15) is 9.59 Å². The third kappa shape index (κ3) is 4.31. The van der Waals surface area contributed by atoms with Crippen LogP contribution in [0.2, 0.25) is 0 Å². The van der Waals surface area contributed by atoms with E-state index < -0.39 is 0 Å². The number of nitrogens with one attached hydrogen (secondary N) is 2. The average molecular weight is 288 g/mol. The Morgan fingerprint density at radius 2 is 1.67 bits per heavy atom. The molecule has 0 bridgehead atoms. The number of benzene rings is 1. The van der Waals surface area contributed by atoms with Crippen LogP contribution in [-0.2, 0) is 9.59 Å². The van der Waals surface area contributed by atoms with Gasteiger partial charge < -0.3 is 10.6 Å². The highest BCUT2D eigenvalue weighted by Crippen LogP contribution is 2.39. The van der Waals surface area contributed by atoms with Crippen molar-refractivity contribution in [2.24, 2.45) is 11.8 Å². The van der Waals surface area contributed by atoms with Gasteiger partial charge in [-0.1, -0.05) is 30.3 Å². The number of hydrogen-bond acceptors (Lipinski definition) is 2. The van der Waals surface area contributed by atoms with Gasteiger partial charge in [-0.3, -0.25) is 9.59 Å². The number of carbonyl (C=O) groups is 2. The average Bonchev–Trinajstić information content (AvgIpc) is 3.18. The molecule has 4 heteroatoms. The molecule has 0 radical (unpaired) electrons. The van der Waals surface area contributed by atoms with Crippen LogP contribution in [0.1, 0.15) is 45.7 Å². The lowest BCUT2D eigenvalue weighted by Gasteiger charge is -2.20. The van der Waals surface area contributed by atoms with Crippen LogP contribution in [0.15, 0.2) is 30.3 Å². The monoisotopic (exact) mass is 288 g/mol. The van der Waals surface area contributed by atoms with E-state index in [2.05, 4.69) is 10.6 Å². The van der Waals surface area contributed by atoms with Crippen LogP contribution in [0.4, 0.5) is 0 Å². The van der Waals surface area contributed by atoms with Gasteiger partial charge in [0.2, 0.25) is 11.8 Å². The Hall–Kier alpha value is -1.84. The first-order chi connectivity index (χ1) is 9.78. The maximum atomic E-state index is 12.2. The summed E-state index contributed by atoms with van der Waals surface area (Å²) in [5.41, 5.74) is 0.820. The molecule has 0 spiro atoms. The normalized spacial score (nSPS) is 22.3. The first kappa shape index (κ1) is 15.5. The Labute approximate surface area is 126 Å². The SMILES string of the molecule is CC(NC(=O)C1CC1C(=O)NC(C)(C)C)c1ccccc1. The van der Waals surface area contributed by atoms with E-state index >= 15 is 0 Å². The van der Waals surface area contributed by atoms with Crippen molar-refractivity contribution in [3.8, 4) is 0 Å². The van der Waals surface area contributed by atoms with Gasteiger partial charge in [-0.05, 0) is 39.7 Å². The molecule has 3 unspecified atom stereocenters. The smallest absolute Gasteiger partial charge is 0.224 e. The van der Waals surface area contributed by atoms with Gasteiger partial charge in [0, 0.05) is 5.54 Å². The van der Waals surface area contributed by atoms with Gasteiger partial charge in [-0.25, -0.2) is 0 Å². The van der Waals surface area contributed by atoms with Crippen molar-refractivity contribution < 1.29 is 9.59 Å². The van der Waals surface area contributed by atoms with Crippen molar-refractivity contribution >= 4 is 11.8 Å². The second-order valence-corrected chi connectivity index (χ2v) is 6.83. The fourth-order valence-corrected chi connectivity index (χ4v) is 2.38. The summed E-state index contributed by atoms with van der Waals surface area (Å²) >= 11 is 0. The van der Waals surface area contributed by atoms with Crippen LogP contribution >= 0.6 is 0 Å². The molecule has 3 atom stereocenters. The van der Waals surface area contributed by atoms with Crippen molar-refractivity contribution in [3.05, 3.63) is 35.9 Å². The van der Waals surface area contributed by atoms with Crippen LogP contribution in [-0.4, -0.2) is 17.4 Å². The van der Waals surface area contributed by atoms with E-state index in [1.54, 1.807) is 0 Å². The third-order valence-corrected chi connectivity index (χ3v) is 3.62. The molecule has 4 nitrogen and oxygen atoms in total. The molecule has 0 saturated heterocycles. The summed E-state index contributed by atoms with van der Waals surface area (Å²) in [5, 5.41) is 5.92. The van der Waals surface area contributed by atoms with E-state index in [4.69, 9.17) is 0 Å². The van der Waals surface area contributed by atoms with Crippen molar-refractivity contribution in [2.75, 3.05) is 0 Å². The molecular weight excluding hydrogens is 264 g/mol. The maximum absolute atomic E-state index is 12.2.